The third-order valence-electron chi connectivity index (χ3n) is 2.54. The second kappa shape index (κ2) is 9.84. The highest BCUT2D eigenvalue weighted by atomic mass is 16.4. The third-order valence-corrected chi connectivity index (χ3v) is 2.54. The van der Waals surface area contributed by atoms with E-state index >= 15 is 0 Å². The van der Waals surface area contributed by atoms with Gasteiger partial charge in [-0.1, -0.05) is 0 Å². The highest BCUT2D eigenvalue weighted by Crippen LogP contribution is 2.18. The molecule has 1 rings (SSSR count). The zero-order valence-corrected chi connectivity index (χ0v) is 12.3. The predicted molar refractivity (Wildman–Crippen MR) is 85.0 cm³/mol. The van der Waals surface area contributed by atoms with E-state index in [1.165, 1.54) is 18.2 Å². The van der Waals surface area contributed by atoms with E-state index in [4.69, 9.17) is 38.3 Å². The van der Waals surface area contributed by atoms with E-state index in [0.29, 0.717) is 25.1 Å². The van der Waals surface area contributed by atoms with Gasteiger partial charge in [0.05, 0.1) is 0 Å². The summed E-state index contributed by atoms with van der Waals surface area (Å²) in [6.07, 6.45) is 0.956. The van der Waals surface area contributed by atoms with Crippen LogP contribution in [0.15, 0.2) is 23.2 Å². The molecule has 0 amide bonds. The average molecular weight is 327 g/mol. The smallest absolute Gasteiger partial charge is 0.339 e. The van der Waals surface area contributed by atoms with Gasteiger partial charge in [0.2, 0.25) is 0 Å². The minimum absolute atomic E-state index is 0.0129. The fraction of sp³-hybridized carbons (Fsp3) is 0.308. The number of anilines is 1. The summed E-state index contributed by atoms with van der Waals surface area (Å²) in [5.41, 5.74) is 20.8. The number of carboxylic acids is 2. The van der Waals surface area contributed by atoms with Crippen molar-refractivity contribution in [1.29, 1.82) is 0 Å². The minimum atomic E-state index is -1.19. The number of nitrogens with two attached hydrogens (primary N) is 4. The lowest BCUT2D eigenvalue weighted by Gasteiger charge is -2.03. The van der Waals surface area contributed by atoms with Gasteiger partial charge in [0.25, 0.3) is 0 Å². The summed E-state index contributed by atoms with van der Waals surface area (Å²) in [5, 5.41) is 25.8. The molecule has 23 heavy (non-hydrogen) atoms. The first-order chi connectivity index (χ1) is 10.6. The molecule has 0 spiro atoms. The van der Waals surface area contributed by atoms with Crippen molar-refractivity contribution in [3.63, 3.8) is 0 Å². The molecule has 1 aromatic carbocycles. The first-order valence-corrected chi connectivity index (χ1v) is 6.50. The van der Waals surface area contributed by atoms with Gasteiger partial charge in [0.1, 0.15) is 17.4 Å². The molecule has 11 N–H and O–H groups in total. The number of nitrogens with zero attached hydrogens (tertiary/aromatic N) is 1. The lowest BCUT2D eigenvalue weighted by Crippen LogP contribution is -2.30. The van der Waals surface area contributed by atoms with Crippen LogP contribution in [0.5, 0.6) is 5.75 Å². The van der Waals surface area contributed by atoms with Gasteiger partial charge in [0, 0.05) is 12.2 Å². The van der Waals surface area contributed by atoms with E-state index in [0.717, 1.165) is 0 Å². The Hall–Kier alpha value is -3.01. The van der Waals surface area contributed by atoms with Gasteiger partial charge in [-0.05, 0) is 31.0 Å². The molecule has 0 aliphatic heterocycles. The SMILES string of the molecule is NC(N)=NCCC[C@H](N)C(=O)O.Nc1ccc(O)c(C(=O)O)c1. The number of aliphatic carboxylic acids is 1. The molecule has 0 bridgehead atoms. The predicted octanol–water partition coefficient (Wildman–Crippen LogP) is -0.875. The number of aliphatic imine (C=N–C) groups is 1. The molecule has 0 aliphatic rings. The molecular formula is C13H21N5O5. The number of phenols is 1. The third kappa shape index (κ3) is 8.78. The number of carboxylic acid groups (broad SMARTS) is 2. The summed E-state index contributed by atoms with van der Waals surface area (Å²) in [4.78, 5) is 24.3. The Morgan fingerprint density at radius 2 is 1.83 bits per heavy atom. The standard InChI is InChI=1S/C7H7NO3.C6H14N4O2/c8-4-1-2-6(9)5(3-4)7(10)11;7-4(5(11)12)2-1-3-10-6(8)9/h1-3,9H,8H2,(H,10,11);4H,1-3,7H2,(H,11,12)(H4,8,9,10)/t;4-/m.0/s1. The van der Waals surface area contributed by atoms with Crippen molar-refractivity contribution in [3.8, 4) is 5.75 Å². The van der Waals surface area contributed by atoms with E-state index in [1.54, 1.807) is 0 Å². The lowest BCUT2D eigenvalue weighted by atomic mass is 10.2. The number of rotatable bonds is 6. The van der Waals surface area contributed by atoms with Gasteiger partial charge >= 0.3 is 11.9 Å². The first kappa shape index (κ1) is 20.0. The van der Waals surface area contributed by atoms with E-state index in [-0.39, 0.29) is 17.3 Å². The van der Waals surface area contributed by atoms with Crippen LogP contribution in [0.25, 0.3) is 0 Å². The number of hydrogen-bond acceptors (Lipinski definition) is 6. The van der Waals surface area contributed by atoms with Crippen molar-refractivity contribution < 1.29 is 24.9 Å². The number of aromatic hydroxyl groups is 1. The van der Waals surface area contributed by atoms with Gasteiger partial charge in [0.15, 0.2) is 5.96 Å². The van der Waals surface area contributed by atoms with Crippen LogP contribution in [-0.2, 0) is 4.79 Å². The molecule has 10 heteroatoms. The Labute approximate surface area is 132 Å². The highest BCUT2D eigenvalue weighted by molar-refractivity contribution is 5.91. The van der Waals surface area contributed by atoms with E-state index in [2.05, 4.69) is 4.99 Å². The molecular weight excluding hydrogens is 306 g/mol. The Balaban J connectivity index is 0.000000422. The van der Waals surface area contributed by atoms with Crippen LogP contribution in [0.1, 0.15) is 23.2 Å². The van der Waals surface area contributed by atoms with Gasteiger partial charge < -0.3 is 38.3 Å². The first-order valence-electron chi connectivity index (χ1n) is 6.50. The van der Waals surface area contributed by atoms with Crippen LogP contribution in [0.2, 0.25) is 0 Å². The zero-order chi connectivity index (χ0) is 18.0. The summed E-state index contributed by atoms with van der Waals surface area (Å²) in [6.45, 7) is 0.420. The van der Waals surface area contributed by atoms with Crippen LogP contribution in [0.4, 0.5) is 5.69 Å². The van der Waals surface area contributed by atoms with Gasteiger partial charge in [-0.15, -0.1) is 0 Å². The summed E-state index contributed by atoms with van der Waals surface area (Å²) < 4.78 is 0. The van der Waals surface area contributed by atoms with E-state index < -0.39 is 18.0 Å². The van der Waals surface area contributed by atoms with Crippen molar-refractivity contribution in [1.82, 2.24) is 0 Å². The molecule has 128 valence electrons. The number of guanidine groups is 1. The largest absolute Gasteiger partial charge is 0.507 e. The van der Waals surface area contributed by atoms with Crippen molar-refractivity contribution >= 4 is 23.6 Å². The Bertz CT molecular complexity index is 572. The van der Waals surface area contributed by atoms with Crippen LogP contribution >= 0.6 is 0 Å². The Kier molecular flexibility index (Phi) is 8.55. The second-order valence-corrected chi connectivity index (χ2v) is 4.48. The molecule has 0 fully saturated rings. The van der Waals surface area contributed by atoms with Crippen molar-refractivity contribution in [2.75, 3.05) is 12.3 Å². The van der Waals surface area contributed by atoms with Crippen molar-refractivity contribution in [2.45, 2.75) is 18.9 Å². The summed E-state index contributed by atoms with van der Waals surface area (Å²) in [6, 6.07) is 3.07. The maximum Gasteiger partial charge on any atom is 0.339 e. The molecule has 0 heterocycles. The molecule has 0 unspecified atom stereocenters. The molecule has 0 saturated carbocycles. The van der Waals surface area contributed by atoms with Gasteiger partial charge in [-0.25, -0.2) is 4.79 Å². The molecule has 0 radical (unpaired) electrons. The van der Waals surface area contributed by atoms with Gasteiger partial charge in [-0.2, -0.15) is 0 Å². The Morgan fingerprint density at radius 3 is 2.26 bits per heavy atom. The molecule has 0 aromatic heterocycles. The van der Waals surface area contributed by atoms with Crippen LogP contribution in [-0.4, -0.2) is 45.8 Å². The molecule has 0 saturated heterocycles. The number of carbonyl (C=O) groups is 2. The number of hydrogen-bond donors (Lipinski definition) is 7. The zero-order valence-electron chi connectivity index (χ0n) is 12.3. The van der Waals surface area contributed by atoms with Crippen LogP contribution in [0, 0.1) is 0 Å². The maximum absolute atomic E-state index is 10.4. The topological polar surface area (TPSA) is 211 Å². The fourth-order valence-corrected chi connectivity index (χ4v) is 1.37. The number of nitrogen functional groups attached to an aromatic ring is 1. The van der Waals surface area contributed by atoms with E-state index in [1.807, 2.05) is 0 Å². The number of aromatic carboxylic acids is 1. The normalized spacial score (nSPS) is 10.8. The summed E-state index contributed by atoms with van der Waals surface area (Å²) >= 11 is 0. The van der Waals surface area contributed by atoms with Gasteiger partial charge in [-0.3, -0.25) is 9.79 Å². The molecule has 1 atom stereocenters. The highest BCUT2D eigenvalue weighted by Gasteiger charge is 2.09. The minimum Gasteiger partial charge on any atom is -0.507 e. The van der Waals surface area contributed by atoms with Crippen LogP contribution in [0.3, 0.4) is 0 Å². The lowest BCUT2D eigenvalue weighted by molar-refractivity contribution is -0.138. The molecule has 1 aromatic rings. The van der Waals surface area contributed by atoms with E-state index in [9.17, 15) is 9.59 Å². The fourth-order valence-electron chi connectivity index (χ4n) is 1.37. The van der Waals surface area contributed by atoms with Crippen LogP contribution < -0.4 is 22.9 Å². The van der Waals surface area contributed by atoms with Crippen molar-refractivity contribution in [3.05, 3.63) is 23.8 Å². The monoisotopic (exact) mass is 327 g/mol. The number of benzene rings is 1. The summed E-state index contributed by atoms with van der Waals surface area (Å²) in [7, 11) is 0. The molecule has 0 aliphatic carbocycles. The average Bonchev–Trinajstić information content (AvgIpc) is 2.46. The Morgan fingerprint density at radius 1 is 1.22 bits per heavy atom. The summed E-state index contributed by atoms with van der Waals surface area (Å²) in [5.74, 6) is -2.44. The second-order valence-electron chi connectivity index (χ2n) is 4.48. The van der Waals surface area contributed by atoms with Crippen molar-refractivity contribution in [2.24, 2.45) is 22.2 Å². The maximum atomic E-state index is 10.4. The molecule has 10 nitrogen and oxygen atoms in total. The quantitative estimate of drug-likeness (QED) is 0.113.